The highest BCUT2D eigenvalue weighted by atomic mass is 16.1. The lowest BCUT2D eigenvalue weighted by molar-refractivity contribution is -0.122. The van der Waals surface area contributed by atoms with E-state index in [-0.39, 0.29) is 11.9 Å². The molecule has 16 heavy (non-hydrogen) atoms. The van der Waals surface area contributed by atoms with Crippen LogP contribution in [0.1, 0.15) is 47.0 Å². The van der Waals surface area contributed by atoms with E-state index in [1.54, 1.807) is 0 Å². The fraction of sp³-hybridized carbons (Fsp3) is 0.923. The monoisotopic (exact) mass is 226 g/mol. The van der Waals surface area contributed by atoms with Gasteiger partial charge in [0.25, 0.3) is 0 Å². The van der Waals surface area contributed by atoms with Crippen LogP contribution in [0.25, 0.3) is 0 Å². The smallest absolute Gasteiger partial charge is 0.220 e. The van der Waals surface area contributed by atoms with Gasteiger partial charge in [-0.05, 0) is 59.5 Å². The second-order valence-electron chi connectivity index (χ2n) is 5.50. The van der Waals surface area contributed by atoms with Crippen molar-refractivity contribution in [2.45, 2.75) is 59.0 Å². The van der Waals surface area contributed by atoms with Crippen molar-refractivity contribution < 1.29 is 4.79 Å². The Kier molecular flexibility index (Phi) is 5.26. The van der Waals surface area contributed by atoms with Crippen LogP contribution in [0, 0.1) is 5.92 Å². The summed E-state index contributed by atoms with van der Waals surface area (Å²) in [7, 11) is 0. The van der Waals surface area contributed by atoms with Crippen LogP contribution in [0.2, 0.25) is 0 Å². The van der Waals surface area contributed by atoms with Gasteiger partial charge in [-0.15, -0.1) is 0 Å². The van der Waals surface area contributed by atoms with E-state index in [1.807, 2.05) is 13.8 Å². The van der Waals surface area contributed by atoms with Crippen LogP contribution in [0.15, 0.2) is 0 Å². The van der Waals surface area contributed by atoms with E-state index in [4.69, 9.17) is 0 Å². The standard InChI is InChI=1S/C13H26N2O/c1-10(2)14-13(16)9-12-5-7-15(8-6-12)11(3)4/h10-12H,5-9H2,1-4H3,(H,14,16). The molecule has 0 unspecified atom stereocenters. The zero-order valence-corrected chi connectivity index (χ0v) is 11.1. The predicted molar refractivity (Wildman–Crippen MR) is 67.3 cm³/mol. The quantitative estimate of drug-likeness (QED) is 0.795. The summed E-state index contributed by atoms with van der Waals surface area (Å²) in [6.45, 7) is 10.8. The van der Waals surface area contributed by atoms with Gasteiger partial charge in [-0.1, -0.05) is 0 Å². The Bertz CT molecular complexity index is 218. The highest BCUT2D eigenvalue weighted by Crippen LogP contribution is 2.21. The van der Waals surface area contributed by atoms with Crippen LogP contribution in [-0.2, 0) is 4.79 Å². The summed E-state index contributed by atoms with van der Waals surface area (Å²) in [4.78, 5) is 14.1. The first-order valence-corrected chi connectivity index (χ1v) is 6.52. The van der Waals surface area contributed by atoms with Crippen LogP contribution in [0.3, 0.4) is 0 Å². The molecule has 0 bridgehead atoms. The minimum atomic E-state index is 0.220. The molecule has 1 aliphatic heterocycles. The fourth-order valence-electron chi connectivity index (χ4n) is 2.32. The normalized spacial score (nSPS) is 19.4. The molecule has 0 saturated carbocycles. The van der Waals surface area contributed by atoms with Crippen LogP contribution in [-0.4, -0.2) is 36.0 Å². The number of piperidine rings is 1. The molecule has 0 spiro atoms. The minimum Gasteiger partial charge on any atom is -0.354 e. The summed E-state index contributed by atoms with van der Waals surface area (Å²) >= 11 is 0. The van der Waals surface area contributed by atoms with Crippen molar-refractivity contribution in [2.24, 2.45) is 5.92 Å². The number of nitrogens with one attached hydrogen (secondary N) is 1. The first kappa shape index (κ1) is 13.5. The van der Waals surface area contributed by atoms with E-state index in [2.05, 4.69) is 24.1 Å². The largest absolute Gasteiger partial charge is 0.354 e. The second-order valence-corrected chi connectivity index (χ2v) is 5.50. The maximum Gasteiger partial charge on any atom is 0.220 e. The average molecular weight is 226 g/mol. The molecule has 0 aromatic heterocycles. The summed E-state index contributed by atoms with van der Waals surface area (Å²) in [5.74, 6) is 0.812. The highest BCUT2D eigenvalue weighted by molar-refractivity contribution is 5.76. The molecule has 0 aliphatic carbocycles. The molecule has 0 radical (unpaired) electrons. The Morgan fingerprint density at radius 2 is 1.81 bits per heavy atom. The molecule has 1 aliphatic rings. The Balaban J connectivity index is 2.24. The van der Waals surface area contributed by atoms with Gasteiger partial charge in [0.2, 0.25) is 5.91 Å². The Morgan fingerprint density at radius 1 is 1.25 bits per heavy atom. The second kappa shape index (κ2) is 6.24. The van der Waals surface area contributed by atoms with Crippen molar-refractivity contribution in [3.8, 4) is 0 Å². The summed E-state index contributed by atoms with van der Waals surface area (Å²) in [6.07, 6.45) is 3.05. The van der Waals surface area contributed by atoms with Gasteiger partial charge < -0.3 is 10.2 Å². The average Bonchev–Trinajstić information content (AvgIpc) is 2.16. The van der Waals surface area contributed by atoms with Crippen LogP contribution >= 0.6 is 0 Å². The molecule has 1 heterocycles. The van der Waals surface area contributed by atoms with Crippen LogP contribution < -0.4 is 5.32 Å². The molecule has 1 rings (SSSR count). The van der Waals surface area contributed by atoms with E-state index in [0.717, 1.165) is 13.1 Å². The molecule has 1 saturated heterocycles. The Morgan fingerprint density at radius 3 is 2.25 bits per heavy atom. The highest BCUT2D eigenvalue weighted by Gasteiger charge is 2.22. The summed E-state index contributed by atoms with van der Waals surface area (Å²) in [5.41, 5.74) is 0. The molecule has 94 valence electrons. The topological polar surface area (TPSA) is 32.3 Å². The maximum atomic E-state index is 11.6. The van der Waals surface area contributed by atoms with Gasteiger partial charge in [-0.25, -0.2) is 0 Å². The van der Waals surface area contributed by atoms with Crippen molar-refractivity contribution in [1.82, 2.24) is 10.2 Å². The third-order valence-corrected chi connectivity index (χ3v) is 3.30. The third kappa shape index (κ3) is 4.52. The molecule has 0 aromatic carbocycles. The van der Waals surface area contributed by atoms with Crippen molar-refractivity contribution in [3.05, 3.63) is 0 Å². The maximum absolute atomic E-state index is 11.6. The Labute approximate surface area is 99.6 Å². The van der Waals surface area contributed by atoms with Gasteiger partial charge >= 0.3 is 0 Å². The van der Waals surface area contributed by atoms with E-state index in [9.17, 15) is 4.79 Å². The summed E-state index contributed by atoms with van der Waals surface area (Å²) < 4.78 is 0. The number of likely N-dealkylation sites (tertiary alicyclic amines) is 1. The van der Waals surface area contributed by atoms with Crippen molar-refractivity contribution >= 4 is 5.91 Å². The zero-order chi connectivity index (χ0) is 12.1. The van der Waals surface area contributed by atoms with Crippen molar-refractivity contribution in [1.29, 1.82) is 0 Å². The van der Waals surface area contributed by atoms with E-state index < -0.39 is 0 Å². The van der Waals surface area contributed by atoms with E-state index in [0.29, 0.717) is 18.4 Å². The molecule has 1 amide bonds. The molecule has 0 atom stereocenters. The zero-order valence-electron chi connectivity index (χ0n) is 11.1. The molecule has 0 aromatic rings. The number of hydrogen-bond acceptors (Lipinski definition) is 2. The SMILES string of the molecule is CC(C)NC(=O)CC1CCN(C(C)C)CC1. The number of carbonyl (C=O) groups excluding carboxylic acids is 1. The fourth-order valence-corrected chi connectivity index (χ4v) is 2.32. The van der Waals surface area contributed by atoms with Gasteiger partial charge in [-0.2, -0.15) is 0 Å². The van der Waals surface area contributed by atoms with Gasteiger partial charge in [-0.3, -0.25) is 4.79 Å². The summed E-state index contributed by atoms with van der Waals surface area (Å²) in [6, 6.07) is 0.911. The molecule has 3 nitrogen and oxygen atoms in total. The van der Waals surface area contributed by atoms with E-state index in [1.165, 1.54) is 12.8 Å². The third-order valence-electron chi connectivity index (χ3n) is 3.30. The molecule has 3 heteroatoms. The number of carbonyl (C=O) groups is 1. The lowest BCUT2D eigenvalue weighted by Gasteiger charge is -2.34. The van der Waals surface area contributed by atoms with Crippen molar-refractivity contribution in [3.63, 3.8) is 0 Å². The lowest BCUT2D eigenvalue weighted by Crippen LogP contribution is -2.40. The molecule has 1 N–H and O–H groups in total. The van der Waals surface area contributed by atoms with Crippen molar-refractivity contribution in [2.75, 3.05) is 13.1 Å². The first-order valence-electron chi connectivity index (χ1n) is 6.52. The molecular weight excluding hydrogens is 200 g/mol. The number of rotatable bonds is 4. The van der Waals surface area contributed by atoms with E-state index >= 15 is 0 Å². The molecular formula is C13H26N2O. The lowest BCUT2D eigenvalue weighted by atomic mass is 9.92. The number of hydrogen-bond donors (Lipinski definition) is 1. The van der Waals surface area contributed by atoms with Gasteiger partial charge in [0.15, 0.2) is 0 Å². The minimum absolute atomic E-state index is 0.220. The number of nitrogens with zero attached hydrogens (tertiary/aromatic N) is 1. The van der Waals surface area contributed by atoms with Gasteiger partial charge in [0.1, 0.15) is 0 Å². The van der Waals surface area contributed by atoms with Gasteiger partial charge in [0, 0.05) is 18.5 Å². The number of amides is 1. The Hall–Kier alpha value is -0.570. The first-order chi connectivity index (χ1) is 7.49. The summed E-state index contributed by atoms with van der Waals surface area (Å²) in [5, 5.41) is 2.97. The van der Waals surface area contributed by atoms with Crippen LogP contribution in [0.5, 0.6) is 0 Å². The van der Waals surface area contributed by atoms with Crippen LogP contribution in [0.4, 0.5) is 0 Å². The molecule has 1 fully saturated rings. The predicted octanol–water partition coefficient (Wildman–Crippen LogP) is 2.02. The van der Waals surface area contributed by atoms with Gasteiger partial charge in [0.05, 0.1) is 0 Å².